The summed E-state index contributed by atoms with van der Waals surface area (Å²) in [4.78, 5) is 28.4. The van der Waals surface area contributed by atoms with E-state index in [1.807, 2.05) is 68.4 Å². The lowest BCUT2D eigenvalue weighted by Gasteiger charge is -2.23. The molecule has 4 aromatic rings. The molecule has 2 heterocycles. The summed E-state index contributed by atoms with van der Waals surface area (Å²) in [6.45, 7) is 4.36. The molecule has 0 bridgehead atoms. The number of nitrogens with one attached hydrogen (secondary N) is 1. The lowest BCUT2D eigenvalue weighted by atomic mass is 9.99. The molecule has 0 spiro atoms. The smallest absolute Gasteiger partial charge is 0.240 e. The van der Waals surface area contributed by atoms with Crippen LogP contribution in [0, 0.1) is 11.7 Å². The molecule has 0 aliphatic carbocycles. The minimum Gasteiger partial charge on any atom is -0.496 e. The number of benzene rings is 3. The van der Waals surface area contributed by atoms with Crippen molar-refractivity contribution < 1.29 is 18.7 Å². The molecule has 7 nitrogen and oxygen atoms in total. The first-order valence-electron chi connectivity index (χ1n) is 13.1. The molecule has 3 aromatic carbocycles. The number of nitrogens with zero attached hydrogens (tertiary/aromatic N) is 3. The second-order valence-corrected chi connectivity index (χ2v) is 11.0. The summed E-state index contributed by atoms with van der Waals surface area (Å²) in [5.41, 5.74) is 3.79. The highest BCUT2D eigenvalue weighted by molar-refractivity contribution is 8.00. The maximum Gasteiger partial charge on any atom is 0.240 e. The number of hydrogen-bond acceptors (Lipinski definition) is 5. The van der Waals surface area contributed by atoms with Crippen molar-refractivity contribution in [3.8, 4) is 22.7 Å². The summed E-state index contributed by atoms with van der Waals surface area (Å²) in [5.74, 6) is 0.721. The quantitative estimate of drug-likeness (QED) is 0.304. The summed E-state index contributed by atoms with van der Waals surface area (Å²) in [7, 11) is 1.62. The number of anilines is 1. The number of halogens is 1. The number of rotatable bonds is 8. The number of hydrogen-bond donors (Lipinski definition) is 1. The Morgan fingerprint density at radius 1 is 1.07 bits per heavy atom. The maximum absolute atomic E-state index is 13.9. The predicted octanol–water partition coefficient (Wildman–Crippen LogP) is 5.63. The van der Waals surface area contributed by atoms with Crippen LogP contribution in [0.2, 0.25) is 0 Å². The fourth-order valence-electron chi connectivity index (χ4n) is 4.74. The van der Waals surface area contributed by atoms with Crippen molar-refractivity contribution >= 4 is 29.4 Å². The van der Waals surface area contributed by atoms with Gasteiger partial charge in [0.05, 0.1) is 29.5 Å². The van der Waals surface area contributed by atoms with Gasteiger partial charge in [-0.1, -0.05) is 62.4 Å². The van der Waals surface area contributed by atoms with Crippen LogP contribution in [0.15, 0.2) is 78.9 Å². The van der Waals surface area contributed by atoms with Crippen molar-refractivity contribution in [3.63, 3.8) is 0 Å². The lowest BCUT2D eigenvalue weighted by Crippen LogP contribution is -2.43. The molecular formula is C31H31FN4O3S. The third-order valence-corrected chi connectivity index (χ3v) is 7.87. The minimum absolute atomic E-state index is 0.145. The van der Waals surface area contributed by atoms with Crippen molar-refractivity contribution in [1.82, 2.24) is 15.1 Å². The van der Waals surface area contributed by atoms with Crippen LogP contribution in [-0.4, -0.2) is 47.5 Å². The normalized spacial score (nSPS) is 15.1. The number of carbonyl (C=O) groups is 2. The van der Waals surface area contributed by atoms with E-state index in [4.69, 9.17) is 9.84 Å². The number of amides is 2. The van der Waals surface area contributed by atoms with Crippen molar-refractivity contribution in [3.05, 3.63) is 95.8 Å². The Hall–Kier alpha value is -4.11. The largest absolute Gasteiger partial charge is 0.496 e. The van der Waals surface area contributed by atoms with Crippen LogP contribution in [0.25, 0.3) is 16.9 Å². The van der Waals surface area contributed by atoms with Gasteiger partial charge in [-0.05, 0) is 36.2 Å². The summed E-state index contributed by atoms with van der Waals surface area (Å²) in [6, 6.07) is 23.4. The van der Waals surface area contributed by atoms with E-state index in [0.29, 0.717) is 29.5 Å². The van der Waals surface area contributed by atoms with E-state index >= 15 is 0 Å². The molecule has 9 heteroatoms. The number of carbonyl (C=O) groups excluding carboxylic acids is 2. The predicted molar refractivity (Wildman–Crippen MR) is 156 cm³/mol. The molecule has 1 atom stereocenters. The topological polar surface area (TPSA) is 76.5 Å². The van der Waals surface area contributed by atoms with Crippen LogP contribution >= 0.6 is 11.8 Å². The Balaban J connectivity index is 1.78. The molecule has 2 amide bonds. The van der Waals surface area contributed by atoms with Gasteiger partial charge in [-0.25, -0.2) is 9.07 Å². The van der Waals surface area contributed by atoms with Crippen LogP contribution in [0.5, 0.6) is 5.75 Å². The molecule has 206 valence electrons. The molecule has 1 aromatic heterocycles. The average Bonchev–Trinajstić information content (AvgIpc) is 3.29. The van der Waals surface area contributed by atoms with Crippen LogP contribution in [0.1, 0.15) is 30.2 Å². The highest BCUT2D eigenvalue weighted by atomic mass is 32.2. The SMILES string of the molecule is COc1ccccc1C1SCC(=O)N(CC(=O)NCC(C)C)c2c1c(-c1ccccc1)nn2-c1ccc(F)cc1. The summed E-state index contributed by atoms with van der Waals surface area (Å²) < 4.78 is 21.3. The van der Waals surface area contributed by atoms with Crippen LogP contribution < -0.4 is 15.0 Å². The Morgan fingerprint density at radius 2 is 1.77 bits per heavy atom. The van der Waals surface area contributed by atoms with Gasteiger partial charge in [0.25, 0.3) is 0 Å². The van der Waals surface area contributed by atoms with E-state index in [-0.39, 0.29) is 41.1 Å². The molecule has 40 heavy (non-hydrogen) atoms. The Bertz CT molecular complexity index is 1510. The van der Waals surface area contributed by atoms with Crippen LogP contribution in [-0.2, 0) is 9.59 Å². The molecule has 0 saturated heterocycles. The van der Waals surface area contributed by atoms with E-state index in [9.17, 15) is 14.0 Å². The van der Waals surface area contributed by atoms with E-state index in [2.05, 4.69) is 5.32 Å². The number of methoxy groups -OCH3 is 1. The van der Waals surface area contributed by atoms with Gasteiger partial charge in [-0.15, -0.1) is 11.8 Å². The molecular weight excluding hydrogens is 527 g/mol. The van der Waals surface area contributed by atoms with Crippen molar-refractivity contribution in [1.29, 1.82) is 0 Å². The number of para-hydroxylation sites is 1. The standard InChI is InChI=1S/C31H31FN4O3S/c1-20(2)17-33-26(37)18-35-27(38)19-40-30(24-11-7-8-12-25(24)39-3)28-29(21-9-5-4-6-10-21)34-36(31(28)35)23-15-13-22(32)14-16-23/h4-16,20,30H,17-19H2,1-3H3,(H,33,37). The van der Waals surface area contributed by atoms with Gasteiger partial charge >= 0.3 is 0 Å². The number of ether oxygens (including phenoxy) is 1. The van der Waals surface area contributed by atoms with Gasteiger partial charge in [0.1, 0.15) is 23.9 Å². The first-order chi connectivity index (χ1) is 19.4. The third-order valence-electron chi connectivity index (χ3n) is 6.64. The molecule has 0 fully saturated rings. The van der Waals surface area contributed by atoms with Gasteiger partial charge in [-0.3, -0.25) is 14.5 Å². The Labute approximate surface area is 237 Å². The first kappa shape index (κ1) is 27.5. The Morgan fingerprint density at radius 3 is 2.48 bits per heavy atom. The zero-order valence-electron chi connectivity index (χ0n) is 22.6. The summed E-state index contributed by atoms with van der Waals surface area (Å²) >= 11 is 1.47. The molecule has 5 rings (SSSR count). The molecule has 1 N–H and O–H groups in total. The van der Waals surface area contributed by atoms with Crippen molar-refractivity contribution in [2.75, 3.05) is 30.9 Å². The second-order valence-electron chi connectivity index (χ2n) is 9.95. The molecule has 1 aliphatic rings. The zero-order valence-corrected chi connectivity index (χ0v) is 23.5. The van der Waals surface area contributed by atoms with Crippen molar-refractivity contribution in [2.45, 2.75) is 19.1 Å². The highest BCUT2D eigenvalue weighted by Gasteiger charge is 2.38. The van der Waals surface area contributed by atoms with Crippen LogP contribution in [0.3, 0.4) is 0 Å². The van der Waals surface area contributed by atoms with E-state index in [1.54, 1.807) is 23.9 Å². The monoisotopic (exact) mass is 558 g/mol. The highest BCUT2D eigenvalue weighted by Crippen LogP contribution is 2.50. The summed E-state index contributed by atoms with van der Waals surface area (Å²) in [5, 5.41) is 7.61. The van der Waals surface area contributed by atoms with Gasteiger partial charge in [0, 0.05) is 23.2 Å². The maximum atomic E-state index is 13.9. The zero-order chi connectivity index (χ0) is 28.2. The van der Waals surface area contributed by atoms with Gasteiger partial charge < -0.3 is 10.1 Å². The fourth-order valence-corrected chi connectivity index (χ4v) is 5.96. The minimum atomic E-state index is -0.381. The van der Waals surface area contributed by atoms with E-state index in [0.717, 1.165) is 16.7 Å². The number of thioether (sulfide) groups is 1. The van der Waals surface area contributed by atoms with Gasteiger partial charge in [0.15, 0.2) is 0 Å². The van der Waals surface area contributed by atoms with Gasteiger partial charge in [0.2, 0.25) is 11.8 Å². The van der Waals surface area contributed by atoms with Crippen molar-refractivity contribution in [2.24, 2.45) is 5.92 Å². The second kappa shape index (κ2) is 12.0. The molecule has 1 unspecified atom stereocenters. The number of aromatic nitrogens is 2. The number of fused-ring (bicyclic) bond motifs is 1. The first-order valence-corrected chi connectivity index (χ1v) is 14.2. The van der Waals surface area contributed by atoms with Crippen LogP contribution in [0.4, 0.5) is 10.2 Å². The lowest BCUT2D eigenvalue weighted by molar-refractivity contribution is -0.123. The van der Waals surface area contributed by atoms with Gasteiger partial charge in [-0.2, -0.15) is 5.10 Å². The summed E-state index contributed by atoms with van der Waals surface area (Å²) in [6.07, 6.45) is 0. The average molecular weight is 559 g/mol. The Kier molecular flexibility index (Phi) is 8.21. The fraction of sp³-hybridized carbons (Fsp3) is 0.258. The molecule has 0 radical (unpaired) electrons. The molecule has 1 aliphatic heterocycles. The third kappa shape index (κ3) is 5.60. The van der Waals surface area contributed by atoms with E-state index < -0.39 is 0 Å². The molecule has 0 saturated carbocycles. The van der Waals surface area contributed by atoms with E-state index in [1.165, 1.54) is 28.8 Å².